The Morgan fingerprint density at radius 3 is 2.73 bits per heavy atom. The van der Waals surface area contributed by atoms with Crippen LogP contribution in [0.1, 0.15) is 26.2 Å². The van der Waals surface area contributed by atoms with Crippen molar-refractivity contribution in [1.29, 1.82) is 0 Å². The number of hydrogen-bond acceptors (Lipinski definition) is 1. The minimum absolute atomic E-state index is 0.612. The van der Waals surface area contributed by atoms with Crippen LogP contribution in [0.25, 0.3) is 0 Å². The third-order valence-electron chi connectivity index (χ3n) is 1.39. The summed E-state index contributed by atoms with van der Waals surface area (Å²) in [5.41, 5.74) is 1.15. The van der Waals surface area contributed by atoms with Crippen LogP contribution >= 0.6 is 23.4 Å². The summed E-state index contributed by atoms with van der Waals surface area (Å²) in [5, 5.41) is 0. The Balaban J connectivity index is 2.95. The molecule has 0 rings (SSSR count). The molecule has 0 heterocycles. The van der Waals surface area contributed by atoms with E-state index >= 15 is 0 Å². The average Bonchev–Trinajstić information content (AvgIpc) is 2.04. The molecule has 66 valence electrons. The summed E-state index contributed by atoms with van der Waals surface area (Å²) in [6.07, 6.45) is 3.98. The van der Waals surface area contributed by atoms with Crippen molar-refractivity contribution in [2.45, 2.75) is 26.2 Å². The standard InChI is InChI=1S/C9H17ClS/c1-3-4-5-6-11-8-9(2)7-10/h2-8H2,1H3. The highest BCUT2D eigenvalue weighted by atomic mass is 35.5. The molecule has 0 radical (unpaired) electrons. The van der Waals surface area contributed by atoms with E-state index in [1.54, 1.807) is 0 Å². The second-order valence-electron chi connectivity index (χ2n) is 2.64. The number of rotatable bonds is 7. The lowest BCUT2D eigenvalue weighted by atomic mass is 10.3. The molecule has 0 nitrogen and oxygen atoms in total. The zero-order valence-corrected chi connectivity index (χ0v) is 8.81. The van der Waals surface area contributed by atoms with E-state index in [0.717, 1.165) is 11.3 Å². The van der Waals surface area contributed by atoms with Crippen LogP contribution in [0.4, 0.5) is 0 Å². The lowest BCUT2D eigenvalue weighted by Crippen LogP contribution is -1.88. The van der Waals surface area contributed by atoms with Crippen LogP contribution in [0.3, 0.4) is 0 Å². The van der Waals surface area contributed by atoms with Gasteiger partial charge in [-0.25, -0.2) is 0 Å². The summed E-state index contributed by atoms with van der Waals surface area (Å²) < 4.78 is 0. The highest BCUT2D eigenvalue weighted by Gasteiger charge is 1.92. The molecule has 0 aliphatic carbocycles. The zero-order valence-electron chi connectivity index (χ0n) is 7.24. The first kappa shape index (κ1) is 11.4. The maximum Gasteiger partial charge on any atom is 0.0439 e. The molecule has 0 unspecified atom stereocenters. The third kappa shape index (κ3) is 8.28. The number of thioether (sulfide) groups is 1. The number of hydrogen-bond donors (Lipinski definition) is 0. The van der Waals surface area contributed by atoms with Crippen LogP contribution in [0, 0.1) is 0 Å². The molecule has 0 N–H and O–H groups in total. The number of unbranched alkanes of at least 4 members (excludes halogenated alkanes) is 2. The molecule has 0 aliphatic heterocycles. The summed E-state index contributed by atoms with van der Waals surface area (Å²) in [4.78, 5) is 0. The second kappa shape index (κ2) is 8.48. The average molecular weight is 193 g/mol. The van der Waals surface area contributed by atoms with Crippen molar-refractivity contribution in [3.8, 4) is 0 Å². The minimum Gasteiger partial charge on any atom is -0.158 e. The summed E-state index contributed by atoms with van der Waals surface area (Å²) >= 11 is 7.52. The summed E-state index contributed by atoms with van der Waals surface area (Å²) in [6, 6.07) is 0. The first-order chi connectivity index (χ1) is 5.31. The Morgan fingerprint density at radius 1 is 1.45 bits per heavy atom. The summed E-state index contributed by atoms with van der Waals surface area (Å²) in [6.45, 7) is 6.06. The van der Waals surface area contributed by atoms with E-state index in [-0.39, 0.29) is 0 Å². The van der Waals surface area contributed by atoms with Crippen LogP contribution in [-0.4, -0.2) is 17.4 Å². The first-order valence-electron chi connectivity index (χ1n) is 4.11. The van der Waals surface area contributed by atoms with Gasteiger partial charge in [0, 0.05) is 11.6 Å². The van der Waals surface area contributed by atoms with Crippen molar-refractivity contribution < 1.29 is 0 Å². The highest BCUT2D eigenvalue weighted by molar-refractivity contribution is 7.99. The quantitative estimate of drug-likeness (QED) is 0.337. The van der Waals surface area contributed by atoms with Crippen molar-refractivity contribution in [2.24, 2.45) is 0 Å². The van der Waals surface area contributed by atoms with Crippen LogP contribution in [-0.2, 0) is 0 Å². The largest absolute Gasteiger partial charge is 0.158 e. The fourth-order valence-corrected chi connectivity index (χ4v) is 1.86. The summed E-state index contributed by atoms with van der Waals surface area (Å²) in [7, 11) is 0. The third-order valence-corrected chi connectivity index (χ3v) is 2.96. The first-order valence-corrected chi connectivity index (χ1v) is 5.80. The molecule has 0 saturated heterocycles. The Morgan fingerprint density at radius 2 is 2.18 bits per heavy atom. The van der Waals surface area contributed by atoms with E-state index in [2.05, 4.69) is 13.5 Å². The molecule has 0 bridgehead atoms. The maximum atomic E-state index is 5.58. The highest BCUT2D eigenvalue weighted by Crippen LogP contribution is 2.10. The molecule has 0 aromatic carbocycles. The fraction of sp³-hybridized carbons (Fsp3) is 0.778. The molecule has 0 aromatic rings. The Kier molecular flexibility index (Phi) is 8.77. The number of alkyl halides is 1. The van der Waals surface area contributed by atoms with E-state index in [4.69, 9.17) is 11.6 Å². The van der Waals surface area contributed by atoms with Crippen molar-refractivity contribution in [1.82, 2.24) is 0 Å². The van der Waals surface area contributed by atoms with Crippen LogP contribution in [0.5, 0.6) is 0 Å². The van der Waals surface area contributed by atoms with Crippen LogP contribution in [0.15, 0.2) is 12.2 Å². The Labute approximate surface area is 79.4 Å². The smallest absolute Gasteiger partial charge is 0.0439 e. The zero-order chi connectivity index (χ0) is 8.53. The van der Waals surface area contributed by atoms with Crippen molar-refractivity contribution >= 4 is 23.4 Å². The van der Waals surface area contributed by atoms with Gasteiger partial charge in [0.05, 0.1) is 0 Å². The minimum atomic E-state index is 0.612. The van der Waals surface area contributed by atoms with E-state index in [1.807, 2.05) is 11.8 Å². The van der Waals surface area contributed by atoms with Crippen molar-refractivity contribution in [3.63, 3.8) is 0 Å². The van der Waals surface area contributed by atoms with Gasteiger partial charge in [-0.05, 0) is 12.2 Å². The molecular weight excluding hydrogens is 176 g/mol. The lowest BCUT2D eigenvalue weighted by Gasteiger charge is -2.00. The van der Waals surface area contributed by atoms with Crippen LogP contribution in [0.2, 0.25) is 0 Å². The van der Waals surface area contributed by atoms with E-state index in [9.17, 15) is 0 Å². The molecule has 0 fully saturated rings. The molecule has 0 aromatic heterocycles. The maximum absolute atomic E-state index is 5.58. The van der Waals surface area contributed by atoms with E-state index in [0.29, 0.717) is 5.88 Å². The van der Waals surface area contributed by atoms with Crippen LogP contribution < -0.4 is 0 Å². The Hall–Kier alpha value is 0.380. The fourth-order valence-electron chi connectivity index (χ4n) is 0.709. The molecule has 0 aliphatic rings. The topological polar surface area (TPSA) is 0 Å². The SMILES string of the molecule is C=C(CCl)CSCCCCC. The van der Waals surface area contributed by atoms with Gasteiger partial charge in [-0.15, -0.1) is 11.6 Å². The van der Waals surface area contributed by atoms with E-state index < -0.39 is 0 Å². The van der Waals surface area contributed by atoms with Gasteiger partial charge in [0.25, 0.3) is 0 Å². The van der Waals surface area contributed by atoms with Crippen molar-refractivity contribution in [3.05, 3.63) is 12.2 Å². The number of halogens is 1. The second-order valence-corrected chi connectivity index (χ2v) is 4.02. The lowest BCUT2D eigenvalue weighted by molar-refractivity contribution is 0.779. The molecule has 11 heavy (non-hydrogen) atoms. The molecule has 0 atom stereocenters. The van der Waals surface area contributed by atoms with Gasteiger partial charge in [0.2, 0.25) is 0 Å². The van der Waals surface area contributed by atoms with Gasteiger partial charge >= 0.3 is 0 Å². The van der Waals surface area contributed by atoms with Crippen molar-refractivity contribution in [2.75, 3.05) is 17.4 Å². The van der Waals surface area contributed by atoms with Gasteiger partial charge in [0.15, 0.2) is 0 Å². The van der Waals surface area contributed by atoms with Gasteiger partial charge < -0.3 is 0 Å². The Bertz CT molecular complexity index is 102. The van der Waals surface area contributed by atoms with Gasteiger partial charge in [0.1, 0.15) is 0 Å². The predicted molar refractivity (Wildman–Crippen MR) is 56.7 cm³/mol. The van der Waals surface area contributed by atoms with Gasteiger partial charge in [-0.2, -0.15) is 11.8 Å². The monoisotopic (exact) mass is 192 g/mol. The van der Waals surface area contributed by atoms with Gasteiger partial charge in [-0.3, -0.25) is 0 Å². The molecule has 0 saturated carbocycles. The molecular formula is C9H17ClS. The molecule has 0 amide bonds. The normalized spacial score (nSPS) is 10.0. The molecule has 0 spiro atoms. The van der Waals surface area contributed by atoms with Gasteiger partial charge in [-0.1, -0.05) is 31.9 Å². The van der Waals surface area contributed by atoms with E-state index in [1.165, 1.54) is 25.0 Å². The predicted octanol–water partition coefficient (Wildman–Crippen LogP) is 3.70. The molecule has 2 heteroatoms. The summed E-state index contributed by atoms with van der Waals surface area (Å²) in [5.74, 6) is 2.90.